The predicted octanol–water partition coefficient (Wildman–Crippen LogP) is 2.99. The molecule has 1 heterocycles. The van der Waals surface area contributed by atoms with Gasteiger partial charge < -0.3 is 14.5 Å². The van der Waals surface area contributed by atoms with Crippen molar-refractivity contribution in [2.24, 2.45) is 0 Å². The van der Waals surface area contributed by atoms with Gasteiger partial charge in [0.15, 0.2) is 5.76 Å². The van der Waals surface area contributed by atoms with E-state index in [1.54, 1.807) is 12.1 Å². The molecule has 0 saturated carbocycles. The summed E-state index contributed by atoms with van der Waals surface area (Å²) in [7, 11) is 0. The number of amides is 1. The molecule has 1 aromatic heterocycles. The Morgan fingerprint density at radius 2 is 2.00 bits per heavy atom. The third-order valence-electron chi connectivity index (χ3n) is 2.99. The lowest BCUT2D eigenvalue weighted by Gasteiger charge is -2.16. The van der Waals surface area contributed by atoms with Crippen molar-refractivity contribution in [3.8, 4) is 0 Å². The van der Waals surface area contributed by atoms with Crippen molar-refractivity contribution in [1.82, 2.24) is 5.32 Å². The summed E-state index contributed by atoms with van der Waals surface area (Å²) in [4.78, 5) is 24.1. The monoisotopic (exact) mass is 299 g/mol. The normalized spacial score (nSPS) is 11.5. The maximum atomic E-state index is 12.4. The number of Topliss-reactive ketones (excluding diaryl/α,β-unsaturated/α-hetero) is 1. The van der Waals surface area contributed by atoms with E-state index in [0.29, 0.717) is 6.42 Å². The topological polar surface area (TPSA) is 68.5 Å². The van der Waals surface area contributed by atoms with Crippen LogP contribution >= 0.6 is 0 Å². The van der Waals surface area contributed by atoms with Gasteiger partial charge in [0, 0.05) is 6.42 Å². The van der Waals surface area contributed by atoms with Crippen LogP contribution in [0.15, 0.2) is 65.8 Å². The van der Waals surface area contributed by atoms with E-state index in [0.717, 1.165) is 5.56 Å². The minimum atomic E-state index is -0.758. The third-order valence-corrected chi connectivity index (χ3v) is 2.99. The smallest absolute Gasteiger partial charge is 0.408 e. The molecule has 0 fully saturated rings. The Bertz CT molecular complexity index is 619. The van der Waals surface area contributed by atoms with E-state index in [9.17, 15) is 9.59 Å². The molecule has 1 N–H and O–H groups in total. The number of carbonyl (C=O) groups is 2. The first-order chi connectivity index (χ1) is 10.7. The second kappa shape index (κ2) is 7.83. The minimum Gasteiger partial charge on any atom is -0.461 e. The zero-order chi connectivity index (χ0) is 15.8. The van der Waals surface area contributed by atoms with Crippen LogP contribution in [0.4, 0.5) is 4.79 Å². The van der Waals surface area contributed by atoms with Crippen molar-refractivity contribution in [1.29, 1.82) is 0 Å². The van der Waals surface area contributed by atoms with Gasteiger partial charge in [-0.05, 0) is 17.7 Å². The maximum absolute atomic E-state index is 12.4. The van der Waals surface area contributed by atoms with Gasteiger partial charge in [-0.2, -0.15) is 0 Å². The molecule has 0 aliphatic heterocycles. The number of rotatable bonds is 7. The molecule has 0 spiro atoms. The number of ether oxygens (including phenoxy) is 1. The van der Waals surface area contributed by atoms with E-state index in [1.807, 2.05) is 30.3 Å². The van der Waals surface area contributed by atoms with E-state index in [2.05, 4.69) is 11.9 Å². The van der Waals surface area contributed by atoms with Crippen molar-refractivity contribution < 1.29 is 18.7 Å². The lowest BCUT2D eigenvalue weighted by molar-refractivity contribution is 0.0899. The zero-order valence-corrected chi connectivity index (χ0v) is 12.0. The minimum absolute atomic E-state index is 0.0822. The van der Waals surface area contributed by atoms with Gasteiger partial charge >= 0.3 is 6.09 Å². The van der Waals surface area contributed by atoms with Crippen LogP contribution in [0.2, 0.25) is 0 Å². The second-order valence-corrected chi connectivity index (χ2v) is 4.62. The molecule has 2 rings (SSSR count). The molecule has 1 atom stereocenters. The number of nitrogens with one attached hydrogen (secondary N) is 1. The van der Waals surface area contributed by atoms with Gasteiger partial charge in [0.1, 0.15) is 12.6 Å². The molecule has 0 aliphatic carbocycles. The van der Waals surface area contributed by atoms with Crippen LogP contribution in [0.3, 0.4) is 0 Å². The predicted molar refractivity (Wildman–Crippen MR) is 81.7 cm³/mol. The van der Waals surface area contributed by atoms with Crippen molar-refractivity contribution in [3.05, 3.63) is 72.7 Å². The summed E-state index contributed by atoms with van der Waals surface area (Å²) in [6, 6.07) is 11.8. The number of ketones is 1. The molecule has 5 heteroatoms. The van der Waals surface area contributed by atoms with E-state index in [-0.39, 0.29) is 18.2 Å². The van der Waals surface area contributed by atoms with E-state index < -0.39 is 12.1 Å². The van der Waals surface area contributed by atoms with Gasteiger partial charge in [0.05, 0.1) is 6.26 Å². The first-order valence-electron chi connectivity index (χ1n) is 6.86. The lowest BCUT2D eigenvalue weighted by atomic mass is 10.0. The summed E-state index contributed by atoms with van der Waals surface area (Å²) in [6.07, 6.45) is 2.56. The quantitative estimate of drug-likeness (QED) is 0.630. The Morgan fingerprint density at radius 3 is 2.64 bits per heavy atom. The van der Waals surface area contributed by atoms with Crippen LogP contribution in [0.5, 0.6) is 0 Å². The van der Waals surface area contributed by atoms with Crippen LogP contribution in [0.25, 0.3) is 0 Å². The largest absolute Gasteiger partial charge is 0.461 e. The summed E-state index contributed by atoms with van der Waals surface area (Å²) in [6.45, 7) is 3.55. The number of carbonyl (C=O) groups excluding carboxylic acids is 2. The highest BCUT2D eigenvalue weighted by molar-refractivity contribution is 5.99. The van der Waals surface area contributed by atoms with Crippen LogP contribution in [-0.2, 0) is 11.2 Å². The number of benzene rings is 1. The number of furan rings is 1. The highest BCUT2D eigenvalue weighted by atomic mass is 16.5. The standard InChI is InChI=1S/C17H17NO4/c1-2-10-22-17(20)18-14(12-13-7-4-3-5-8-13)16(19)15-9-6-11-21-15/h2-9,11,14H,1,10,12H2,(H,18,20)/t14-/m0/s1. The molecule has 0 bridgehead atoms. The molecule has 5 nitrogen and oxygen atoms in total. The lowest BCUT2D eigenvalue weighted by Crippen LogP contribution is -2.42. The first kappa shape index (κ1) is 15.6. The third kappa shape index (κ3) is 4.34. The van der Waals surface area contributed by atoms with Crippen molar-refractivity contribution in [2.75, 3.05) is 6.61 Å². The van der Waals surface area contributed by atoms with Crippen LogP contribution < -0.4 is 5.32 Å². The van der Waals surface area contributed by atoms with E-state index in [4.69, 9.17) is 9.15 Å². The maximum Gasteiger partial charge on any atom is 0.408 e. The van der Waals surface area contributed by atoms with Gasteiger partial charge in [-0.15, -0.1) is 0 Å². The van der Waals surface area contributed by atoms with E-state index >= 15 is 0 Å². The number of hydrogen-bond acceptors (Lipinski definition) is 4. The Balaban J connectivity index is 2.11. The van der Waals surface area contributed by atoms with Crippen molar-refractivity contribution in [2.45, 2.75) is 12.5 Å². The number of alkyl carbamates (subject to hydrolysis) is 1. The first-order valence-corrected chi connectivity index (χ1v) is 6.86. The zero-order valence-electron chi connectivity index (χ0n) is 12.0. The summed E-state index contributed by atoms with van der Waals surface area (Å²) >= 11 is 0. The molecule has 114 valence electrons. The van der Waals surface area contributed by atoms with Crippen LogP contribution in [0.1, 0.15) is 16.1 Å². The fourth-order valence-corrected chi connectivity index (χ4v) is 1.97. The molecule has 22 heavy (non-hydrogen) atoms. The summed E-state index contributed by atoms with van der Waals surface area (Å²) in [5.41, 5.74) is 0.927. The molecule has 1 aromatic carbocycles. The summed E-state index contributed by atoms with van der Waals surface area (Å²) in [5.74, 6) is -0.102. The van der Waals surface area contributed by atoms with Crippen LogP contribution in [-0.4, -0.2) is 24.5 Å². The highest BCUT2D eigenvalue weighted by Crippen LogP contribution is 2.10. The SMILES string of the molecule is C=CCOC(=O)N[C@@H](Cc1ccccc1)C(=O)c1ccco1. The van der Waals surface area contributed by atoms with Gasteiger partial charge in [-0.25, -0.2) is 4.79 Å². The van der Waals surface area contributed by atoms with Gasteiger partial charge in [-0.3, -0.25) is 4.79 Å². The summed E-state index contributed by atoms with van der Waals surface area (Å²) in [5, 5.41) is 2.57. The number of hydrogen-bond donors (Lipinski definition) is 1. The summed E-state index contributed by atoms with van der Waals surface area (Å²) < 4.78 is 9.99. The highest BCUT2D eigenvalue weighted by Gasteiger charge is 2.25. The molecule has 0 saturated heterocycles. The van der Waals surface area contributed by atoms with E-state index in [1.165, 1.54) is 12.3 Å². The Labute approximate surface area is 128 Å². The molecule has 0 radical (unpaired) electrons. The molecule has 2 aromatic rings. The Hall–Kier alpha value is -2.82. The fraction of sp³-hybridized carbons (Fsp3) is 0.176. The van der Waals surface area contributed by atoms with Gasteiger partial charge in [0.2, 0.25) is 5.78 Å². The molecular weight excluding hydrogens is 282 g/mol. The molecule has 0 unspecified atom stereocenters. The van der Waals surface area contributed by atoms with Crippen molar-refractivity contribution >= 4 is 11.9 Å². The second-order valence-electron chi connectivity index (χ2n) is 4.62. The molecule has 0 aliphatic rings. The van der Waals surface area contributed by atoms with Gasteiger partial charge in [0.25, 0.3) is 0 Å². The van der Waals surface area contributed by atoms with Crippen molar-refractivity contribution in [3.63, 3.8) is 0 Å². The fourth-order valence-electron chi connectivity index (χ4n) is 1.97. The van der Waals surface area contributed by atoms with Gasteiger partial charge in [-0.1, -0.05) is 43.0 Å². The average Bonchev–Trinajstić information content (AvgIpc) is 3.07. The molecular formula is C17H17NO4. The van der Waals surface area contributed by atoms with Crippen LogP contribution in [0, 0.1) is 0 Å². The Kier molecular flexibility index (Phi) is 5.54. The average molecular weight is 299 g/mol. The molecule has 1 amide bonds. The Morgan fingerprint density at radius 1 is 1.23 bits per heavy atom.